The van der Waals surface area contributed by atoms with Crippen molar-refractivity contribution in [2.75, 3.05) is 13.7 Å². The molecule has 0 amide bonds. The molecule has 0 saturated carbocycles. The molecule has 2 aromatic heterocycles. The topological polar surface area (TPSA) is 83.0 Å². The molecule has 0 unspecified atom stereocenters. The van der Waals surface area contributed by atoms with Crippen LogP contribution in [-0.4, -0.2) is 24.3 Å². The minimum absolute atomic E-state index is 0.182. The molecule has 9 heteroatoms. The lowest BCUT2D eigenvalue weighted by Gasteiger charge is -2.26. The SMILES string of the molecule is CCOC(=O)C1=C(c2ccccc2)N=c2s/c(=C\c3ccc(-c4ccc(I)cc4)o3)c(=O)n2[C@@H]1c1cccc(OC)c1. The Morgan fingerprint density at radius 1 is 1.02 bits per heavy atom. The maximum atomic E-state index is 14.1. The van der Waals surface area contributed by atoms with E-state index >= 15 is 0 Å². The molecule has 7 nitrogen and oxygen atoms in total. The van der Waals surface area contributed by atoms with Crippen molar-refractivity contribution in [3.8, 4) is 17.1 Å². The number of rotatable bonds is 7. The number of carbonyl (C=O) groups is 1. The van der Waals surface area contributed by atoms with Crippen molar-refractivity contribution in [1.29, 1.82) is 0 Å². The highest BCUT2D eigenvalue weighted by Gasteiger charge is 2.35. The molecule has 5 aromatic rings. The molecule has 3 heterocycles. The van der Waals surface area contributed by atoms with Crippen LogP contribution in [-0.2, 0) is 9.53 Å². The molecule has 6 rings (SSSR count). The summed E-state index contributed by atoms with van der Waals surface area (Å²) in [5.74, 6) is 1.32. The number of benzene rings is 3. The summed E-state index contributed by atoms with van der Waals surface area (Å²) in [4.78, 5) is 33.0. The zero-order valence-electron chi connectivity index (χ0n) is 22.7. The summed E-state index contributed by atoms with van der Waals surface area (Å²) in [5, 5.41) is 0. The van der Waals surface area contributed by atoms with Gasteiger partial charge in [0.15, 0.2) is 4.80 Å². The third-order valence-electron chi connectivity index (χ3n) is 6.81. The van der Waals surface area contributed by atoms with E-state index in [1.807, 2.05) is 91.0 Å². The number of fused-ring (bicyclic) bond motifs is 1. The molecule has 0 spiro atoms. The lowest BCUT2D eigenvalue weighted by atomic mass is 9.93. The monoisotopic (exact) mass is 688 g/mol. The van der Waals surface area contributed by atoms with E-state index in [2.05, 4.69) is 22.6 Å². The highest BCUT2D eigenvalue weighted by Crippen LogP contribution is 2.36. The molecule has 0 bridgehead atoms. The minimum atomic E-state index is -0.785. The van der Waals surface area contributed by atoms with Crippen LogP contribution in [0.25, 0.3) is 23.1 Å². The Balaban J connectivity index is 1.57. The van der Waals surface area contributed by atoms with Gasteiger partial charge in [0.2, 0.25) is 0 Å². The molecule has 0 aliphatic carbocycles. The minimum Gasteiger partial charge on any atom is -0.497 e. The average molecular weight is 689 g/mol. The maximum absolute atomic E-state index is 14.1. The predicted octanol–water partition coefficient (Wildman–Crippen LogP) is 5.81. The van der Waals surface area contributed by atoms with Gasteiger partial charge < -0.3 is 13.9 Å². The van der Waals surface area contributed by atoms with Crippen molar-refractivity contribution < 1.29 is 18.7 Å². The second-order valence-corrected chi connectivity index (χ2v) is 11.7. The molecule has 42 heavy (non-hydrogen) atoms. The van der Waals surface area contributed by atoms with E-state index in [0.717, 1.165) is 14.7 Å². The normalized spacial score (nSPS) is 14.8. The molecule has 0 fully saturated rings. The van der Waals surface area contributed by atoms with Crippen LogP contribution in [0, 0.1) is 3.57 Å². The van der Waals surface area contributed by atoms with Gasteiger partial charge in [-0.15, -0.1) is 0 Å². The Kier molecular flexibility index (Phi) is 7.94. The van der Waals surface area contributed by atoms with E-state index in [1.165, 1.54) is 11.3 Å². The second kappa shape index (κ2) is 11.9. The summed E-state index contributed by atoms with van der Waals surface area (Å²) in [7, 11) is 1.58. The van der Waals surface area contributed by atoms with Gasteiger partial charge in [0.25, 0.3) is 5.56 Å². The van der Waals surface area contributed by atoms with Gasteiger partial charge in [0, 0.05) is 20.8 Å². The Morgan fingerprint density at radius 2 is 1.81 bits per heavy atom. The number of hydrogen-bond donors (Lipinski definition) is 0. The van der Waals surface area contributed by atoms with Crippen molar-refractivity contribution in [3.05, 3.63) is 137 Å². The Hall–Kier alpha value is -4.22. The van der Waals surface area contributed by atoms with Crippen LogP contribution in [0.15, 0.2) is 111 Å². The fourth-order valence-corrected chi connectivity index (χ4v) is 6.24. The summed E-state index contributed by atoms with van der Waals surface area (Å²) in [5.41, 5.74) is 2.86. The first-order valence-corrected chi connectivity index (χ1v) is 15.1. The van der Waals surface area contributed by atoms with E-state index in [0.29, 0.717) is 37.9 Å². The number of furan rings is 1. The van der Waals surface area contributed by atoms with E-state index in [9.17, 15) is 9.59 Å². The summed E-state index contributed by atoms with van der Waals surface area (Å²) >= 11 is 3.51. The second-order valence-electron chi connectivity index (χ2n) is 9.42. The van der Waals surface area contributed by atoms with E-state index in [-0.39, 0.29) is 17.7 Å². The summed E-state index contributed by atoms with van der Waals surface area (Å²) in [6.45, 7) is 1.94. The standard InChI is InChI=1S/C33H25IN2O5S/c1-3-40-32(38)28-29(21-8-5-4-6-9-21)35-33-36(30(28)22-10-7-11-24(18-22)39-2)31(37)27(42-33)19-25-16-17-26(41-25)20-12-14-23(34)15-13-20/h4-19,30H,3H2,1-2H3/b27-19-/t30-/m1/s1. The number of hydrogen-bond acceptors (Lipinski definition) is 7. The first-order chi connectivity index (χ1) is 20.5. The van der Waals surface area contributed by atoms with Crippen molar-refractivity contribution >= 4 is 51.7 Å². The van der Waals surface area contributed by atoms with E-state index in [1.54, 1.807) is 24.7 Å². The Labute approximate surface area is 259 Å². The number of aromatic nitrogens is 1. The first kappa shape index (κ1) is 27.9. The number of nitrogens with zero attached hydrogens (tertiary/aromatic N) is 2. The van der Waals surface area contributed by atoms with Crippen molar-refractivity contribution in [2.45, 2.75) is 13.0 Å². The van der Waals surface area contributed by atoms with Crippen molar-refractivity contribution in [3.63, 3.8) is 0 Å². The molecule has 1 aliphatic rings. The number of esters is 1. The largest absolute Gasteiger partial charge is 0.497 e. The van der Waals surface area contributed by atoms with Gasteiger partial charge in [-0.3, -0.25) is 9.36 Å². The fraction of sp³-hybridized carbons (Fsp3) is 0.121. The van der Waals surface area contributed by atoms with E-state index < -0.39 is 12.0 Å². The third-order valence-corrected chi connectivity index (χ3v) is 8.51. The van der Waals surface area contributed by atoms with Gasteiger partial charge in [-0.1, -0.05) is 65.9 Å². The number of carbonyl (C=O) groups excluding carboxylic acids is 1. The molecular weight excluding hydrogens is 663 g/mol. The quantitative estimate of drug-likeness (QED) is 0.159. The van der Waals surface area contributed by atoms with Gasteiger partial charge >= 0.3 is 5.97 Å². The lowest BCUT2D eigenvalue weighted by molar-refractivity contribution is -0.138. The maximum Gasteiger partial charge on any atom is 0.338 e. The molecule has 0 N–H and O–H groups in total. The van der Waals surface area contributed by atoms with Crippen molar-refractivity contribution in [2.24, 2.45) is 4.99 Å². The van der Waals surface area contributed by atoms with Crippen LogP contribution in [0.4, 0.5) is 0 Å². The van der Waals surface area contributed by atoms with Crippen LogP contribution in [0.5, 0.6) is 5.75 Å². The van der Waals surface area contributed by atoms with Gasteiger partial charge in [0.05, 0.1) is 35.6 Å². The highest BCUT2D eigenvalue weighted by molar-refractivity contribution is 14.1. The molecule has 3 aromatic carbocycles. The summed E-state index contributed by atoms with van der Waals surface area (Å²) in [6.07, 6.45) is 1.72. The van der Waals surface area contributed by atoms with Gasteiger partial charge in [-0.2, -0.15) is 0 Å². The van der Waals surface area contributed by atoms with Crippen LogP contribution in [0.2, 0.25) is 0 Å². The van der Waals surface area contributed by atoms with Gasteiger partial charge in [0.1, 0.15) is 17.3 Å². The lowest BCUT2D eigenvalue weighted by Crippen LogP contribution is -2.40. The zero-order valence-corrected chi connectivity index (χ0v) is 25.7. The van der Waals surface area contributed by atoms with Crippen LogP contribution < -0.4 is 19.6 Å². The third kappa shape index (κ3) is 5.37. The Bertz CT molecular complexity index is 1990. The Morgan fingerprint density at radius 3 is 2.55 bits per heavy atom. The number of ether oxygens (including phenoxy) is 2. The van der Waals surface area contributed by atoms with Gasteiger partial charge in [-0.05, 0) is 71.5 Å². The van der Waals surface area contributed by atoms with Gasteiger partial charge in [-0.25, -0.2) is 9.79 Å². The number of thiazole rings is 1. The number of methoxy groups -OCH3 is 1. The molecular formula is C33H25IN2O5S. The highest BCUT2D eigenvalue weighted by atomic mass is 127. The first-order valence-electron chi connectivity index (χ1n) is 13.2. The molecule has 1 aliphatic heterocycles. The molecule has 0 radical (unpaired) electrons. The average Bonchev–Trinajstić information content (AvgIpc) is 3.61. The molecule has 0 saturated heterocycles. The summed E-state index contributed by atoms with van der Waals surface area (Å²) in [6, 6.07) is 27.8. The molecule has 210 valence electrons. The van der Waals surface area contributed by atoms with Crippen molar-refractivity contribution in [1.82, 2.24) is 4.57 Å². The smallest absolute Gasteiger partial charge is 0.338 e. The zero-order chi connectivity index (χ0) is 29.2. The number of halogens is 1. The molecule has 1 atom stereocenters. The fourth-order valence-electron chi connectivity index (χ4n) is 4.90. The van der Waals surface area contributed by atoms with Crippen LogP contribution in [0.1, 0.15) is 29.9 Å². The van der Waals surface area contributed by atoms with Crippen LogP contribution >= 0.6 is 33.9 Å². The van der Waals surface area contributed by atoms with Crippen LogP contribution in [0.3, 0.4) is 0 Å². The summed E-state index contributed by atoms with van der Waals surface area (Å²) < 4.78 is 20.2. The predicted molar refractivity (Wildman–Crippen MR) is 171 cm³/mol. The van der Waals surface area contributed by atoms with E-state index in [4.69, 9.17) is 18.9 Å².